The number of imidazole rings is 1. The molecule has 0 aliphatic carbocycles. The topological polar surface area (TPSA) is 104 Å². The maximum Gasteiger partial charge on any atom is 0.407 e. The standard InChI is InChI=1S/C8H11N3O4/c1-15-8(14)11-6(7(12)13)2-5-3-9-4-10-5/h3-4,6H,2H2,1H3,(H,9,10)(H,11,14)(H,12,13). The number of aromatic nitrogens is 2. The molecule has 3 N–H and O–H groups in total. The van der Waals surface area contributed by atoms with Crippen molar-refractivity contribution in [3.63, 3.8) is 0 Å². The van der Waals surface area contributed by atoms with Crippen LogP contribution in [0.15, 0.2) is 12.5 Å². The fourth-order valence-corrected chi connectivity index (χ4v) is 1.02. The van der Waals surface area contributed by atoms with Crippen LogP contribution in [0, 0.1) is 0 Å². The molecule has 0 saturated heterocycles. The van der Waals surface area contributed by atoms with Crippen molar-refractivity contribution in [1.82, 2.24) is 15.3 Å². The van der Waals surface area contributed by atoms with Crippen LogP contribution in [-0.4, -0.2) is 40.3 Å². The zero-order valence-corrected chi connectivity index (χ0v) is 8.06. The van der Waals surface area contributed by atoms with E-state index < -0.39 is 18.1 Å². The summed E-state index contributed by atoms with van der Waals surface area (Å²) in [6.07, 6.45) is 2.29. The molecule has 0 bridgehead atoms. The number of hydrogen-bond donors (Lipinski definition) is 3. The van der Waals surface area contributed by atoms with Gasteiger partial charge in [0, 0.05) is 18.3 Å². The first-order valence-electron chi connectivity index (χ1n) is 4.18. The van der Waals surface area contributed by atoms with Gasteiger partial charge >= 0.3 is 12.1 Å². The van der Waals surface area contributed by atoms with E-state index in [0.717, 1.165) is 0 Å². The van der Waals surface area contributed by atoms with Crippen molar-refractivity contribution >= 4 is 12.1 Å². The highest BCUT2D eigenvalue weighted by Crippen LogP contribution is 1.99. The number of nitrogens with one attached hydrogen (secondary N) is 2. The first kappa shape index (κ1) is 11.0. The first-order chi connectivity index (χ1) is 7.13. The highest BCUT2D eigenvalue weighted by molar-refractivity contribution is 5.80. The summed E-state index contributed by atoms with van der Waals surface area (Å²) >= 11 is 0. The largest absolute Gasteiger partial charge is 0.480 e. The Morgan fingerprint density at radius 2 is 2.47 bits per heavy atom. The molecule has 0 spiro atoms. The minimum Gasteiger partial charge on any atom is -0.480 e. The van der Waals surface area contributed by atoms with E-state index in [1.54, 1.807) is 0 Å². The number of carboxylic acid groups (broad SMARTS) is 1. The van der Waals surface area contributed by atoms with Gasteiger partial charge in [-0.25, -0.2) is 14.6 Å². The number of carboxylic acids is 1. The first-order valence-corrected chi connectivity index (χ1v) is 4.18. The number of alkyl carbamates (subject to hydrolysis) is 1. The van der Waals surface area contributed by atoms with E-state index >= 15 is 0 Å². The number of H-pyrrole nitrogens is 1. The quantitative estimate of drug-likeness (QED) is 0.640. The van der Waals surface area contributed by atoms with Crippen LogP contribution in [0.5, 0.6) is 0 Å². The van der Waals surface area contributed by atoms with Gasteiger partial charge in [-0.05, 0) is 0 Å². The van der Waals surface area contributed by atoms with Crippen molar-refractivity contribution in [3.05, 3.63) is 18.2 Å². The molecule has 15 heavy (non-hydrogen) atoms. The number of carbonyl (C=O) groups is 2. The van der Waals surface area contributed by atoms with Crippen molar-refractivity contribution in [2.24, 2.45) is 0 Å². The van der Waals surface area contributed by atoms with Crippen LogP contribution in [0.25, 0.3) is 0 Å². The Balaban J connectivity index is 2.59. The molecule has 1 aromatic rings. The molecule has 1 heterocycles. The number of hydrogen-bond acceptors (Lipinski definition) is 4. The van der Waals surface area contributed by atoms with E-state index in [0.29, 0.717) is 5.69 Å². The second kappa shape index (κ2) is 4.99. The van der Waals surface area contributed by atoms with Gasteiger partial charge in [0.05, 0.1) is 13.4 Å². The average molecular weight is 213 g/mol. The molecule has 1 unspecified atom stereocenters. The minimum absolute atomic E-state index is 0.129. The summed E-state index contributed by atoms with van der Waals surface area (Å²) < 4.78 is 4.31. The number of methoxy groups -OCH3 is 1. The maximum absolute atomic E-state index is 10.8. The van der Waals surface area contributed by atoms with Crippen molar-refractivity contribution in [2.75, 3.05) is 7.11 Å². The molecule has 1 amide bonds. The number of nitrogens with zero attached hydrogens (tertiary/aromatic N) is 1. The third kappa shape index (κ3) is 3.29. The number of aromatic amines is 1. The summed E-state index contributed by atoms with van der Waals surface area (Å²) in [5.74, 6) is -1.13. The molecule has 0 aromatic carbocycles. The van der Waals surface area contributed by atoms with Gasteiger partial charge in [-0.3, -0.25) is 0 Å². The van der Waals surface area contributed by atoms with Crippen molar-refractivity contribution in [1.29, 1.82) is 0 Å². The zero-order chi connectivity index (χ0) is 11.3. The highest BCUT2D eigenvalue weighted by Gasteiger charge is 2.21. The second-order valence-electron chi connectivity index (χ2n) is 2.81. The highest BCUT2D eigenvalue weighted by atomic mass is 16.5. The Hall–Kier alpha value is -2.05. The zero-order valence-electron chi connectivity index (χ0n) is 8.06. The van der Waals surface area contributed by atoms with Crippen molar-refractivity contribution in [2.45, 2.75) is 12.5 Å². The number of carbonyl (C=O) groups excluding carboxylic acids is 1. The molecule has 0 aliphatic heterocycles. The van der Waals surface area contributed by atoms with Crippen LogP contribution in [0.2, 0.25) is 0 Å². The van der Waals surface area contributed by atoms with Crippen LogP contribution >= 0.6 is 0 Å². The van der Waals surface area contributed by atoms with Gasteiger partial charge in [0.15, 0.2) is 0 Å². The molecule has 1 aromatic heterocycles. The monoisotopic (exact) mass is 213 g/mol. The van der Waals surface area contributed by atoms with Crippen LogP contribution in [0.1, 0.15) is 5.69 Å². The van der Waals surface area contributed by atoms with Crippen LogP contribution in [0.4, 0.5) is 4.79 Å². The molecule has 82 valence electrons. The SMILES string of the molecule is COC(=O)NC(Cc1cnc[nH]1)C(=O)O. The van der Waals surface area contributed by atoms with Gasteiger partial charge in [0.2, 0.25) is 0 Å². The summed E-state index contributed by atoms with van der Waals surface area (Å²) in [6, 6.07) is -1.03. The van der Waals surface area contributed by atoms with Gasteiger partial charge in [-0.2, -0.15) is 0 Å². The molecule has 0 fully saturated rings. The van der Waals surface area contributed by atoms with E-state index in [-0.39, 0.29) is 6.42 Å². The van der Waals surface area contributed by atoms with Crippen LogP contribution < -0.4 is 5.32 Å². The number of ether oxygens (including phenoxy) is 1. The third-order valence-electron chi connectivity index (χ3n) is 1.75. The third-order valence-corrected chi connectivity index (χ3v) is 1.75. The molecular weight excluding hydrogens is 202 g/mol. The summed E-state index contributed by atoms with van der Waals surface area (Å²) in [5.41, 5.74) is 0.624. The van der Waals surface area contributed by atoms with E-state index in [4.69, 9.17) is 5.11 Å². The lowest BCUT2D eigenvalue weighted by atomic mass is 10.2. The predicted molar refractivity (Wildman–Crippen MR) is 49.3 cm³/mol. The van der Waals surface area contributed by atoms with Gasteiger partial charge < -0.3 is 20.1 Å². The van der Waals surface area contributed by atoms with Gasteiger partial charge in [-0.1, -0.05) is 0 Å². The average Bonchev–Trinajstić information content (AvgIpc) is 2.69. The molecular formula is C8H11N3O4. The second-order valence-corrected chi connectivity index (χ2v) is 2.81. The van der Waals surface area contributed by atoms with Gasteiger partial charge in [-0.15, -0.1) is 0 Å². The summed E-state index contributed by atoms with van der Waals surface area (Å²) in [6.45, 7) is 0. The molecule has 1 atom stereocenters. The van der Waals surface area contributed by atoms with E-state index in [9.17, 15) is 9.59 Å². The molecule has 0 aliphatic rings. The lowest BCUT2D eigenvalue weighted by Crippen LogP contribution is -2.42. The Morgan fingerprint density at radius 1 is 1.73 bits per heavy atom. The van der Waals surface area contributed by atoms with E-state index in [2.05, 4.69) is 20.0 Å². The number of aliphatic carboxylic acids is 1. The van der Waals surface area contributed by atoms with Gasteiger partial charge in [0.1, 0.15) is 6.04 Å². The van der Waals surface area contributed by atoms with Crippen LogP contribution in [-0.2, 0) is 16.0 Å². The molecule has 7 nitrogen and oxygen atoms in total. The lowest BCUT2D eigenvalue weighted by molar-refractivity contribution is -0.139. The molecule has 0 saturated carbocycles. The van der Waals surface area contributed by atoms with Gasteiger partial charge in [0.25, 0.3) is 0 Å². The maximum atomic E-state index is 10.8. The van der Waals surface area contributed by atoms with E-state index in [1.165, 1.54) is 19.6 Å². The smallest absolute Gasteiger partial charge is 0.407 e. The Kier molecular flexibility index (Phi) is 3.67. The summed E-state index contributed by atoms with van der Waals surface area (Å²) in [4.78, 5) is 28.1. The Bertz CT molecular complexity index is 336. The number of amides is 1. The summed E-state index contributed by atoms with van der Waals surface area (Å²) in [7, 11) is 1.17. The number of rotatable bonds is 4. The fraction of sp³-hybridized carbons (Fsp3) is 0.375. The normalized spacial score (nSPS) is 11.8. The fourth-order valence-electron chi connectivity index (χ4n) is 1.02. The van der Waals surface area contributed by atoms with Crippen LogP contribution in [0.3, 0.4) is 0 Å². The Morgan fingerprint density at radius 3 is 2.93 bits per heavy atom. The lowest BCUT2D eigenvalue weighted by Gasteiger charge is -2.11. The molecule has 7 heteroatoms. The predicted octanol–water partition coefficient (Wildman–Crippen LogP) is -0.239. The molecule has 0 radical (unpaired) electrons. The Labute approximate surface area is 85.5 Å². The molecule has 1 rings (SSSR count). The minimum atomic E-state index is -1.13. The van der Waals surface area contributed by atoms with E-state index in [1.807, 2.05) is 0 Å². The summed E-state index contributed by atoms with van der Waals surface area (Å²) in [5, 5.41) is 11.0. The van der Waals surface area contributed by atoms with Crippen molar-refractivity contribution in [3.8, 4) is 0 Å². The van der Waals surface area contributed by atoms with Crippen molar-refractivity contribution < 1.29 is 19.4 Å².